The number of ether oxygens (including phenoxy) is 1. The van der Waals surface area contributed by atoms with E-state index in [-0.39, 0.29) is 29.1 Å². The monoisotopic (exact) mass is 352 g/mol. The normalized spacial score (nSPS) is 10.7. The van der Waals surface area contributed by atoms with Crippen molar-refractivity contribution in [2.75, 3.05) is 6.61 Å². The minimum absolute atomic E-state index is 0.0344. The van der Waals surface area contributed by atoms with E-state index >= 15 is 0 Å². The zero-order chi connectivity index (χ0) is 18.8. The van der Waals surface area contributed by atoms with Crippen LogP contribution in [-0.2, 0) is 4.74 Å². The molecule has 0 saturated heterocycles. The summed E-state index contributed by atoms with van der Waals surface area (Å²) in [6.07, 6.45) is 1.66. The van der Waals surface area contributed by atoms with Crippen LogP contribution in [0.1, 0.15) is 38.9 Å². The molecule has 0 fully saturated rings. The Hall–Kier alpha value is -3.48. The third-order valence-corrected chi connectivity index (χ3v) is 4.00. The number of fused-ring (bicyclic) bond motifs is 1. The van der Waals surface area contributed by atoms with Gasteiger partial charge >= 0.3 is 5.97 Å². The van der Waals surface area contributed by atoms with E-state index in [0.29, 0.717) is 5.52 Å². The number of aromatic nitrogens is 1. The zero-order valence-electron chi connectivity index (χ0n) is 14.3. The topological polar surface area (TPSA) is 90.9 Å². The maximum Gasteiger partial charge on any atom is 0.340 e. The second-order valence-electron chi connectivity index (χ2n) is 5.73. The van der Waals surface area contributed by atoms with Crippen molar-refractivity contribution < 1.29 is 19.2 Å². The summed E-state index contributed by atoms with van der Waals surface area (Å²) < 4.78 is 6.62. The smallest absolute Gasteiger partial charge is 0.340 e. The Balaban J connectivity index is 2.21. The van der Waals surface area contributed by atoms with Crippen LogP contribution in [-0.4, -0.2) is 27.7 Å². The Morgan fingerprint density at radius 2 is 1.88 bits per heavy atom. The van der Waals surface area contributed by atoms with Gasteiger partial charge in [-0.25, -0.2) is 4.79 Å². The molecule has 7 heteroatoms. The van der Waals surface area contributed by atoms with Crippen LogP contribution in [0.3, 0.4) is 0 Å². The van der Waals surface area contributed by atoms with E-state index in [1.54, 1.807) is 35.7 Å². The van der Waals surface area contributed by atoms with Gasteiger partial charge in [-0.15, -0.1) is 0 Å². The average Bonchev–Trinajstić information content (AvgIpc) is 3.00. The van der Waals surface area contributed by atoms with Gasteiger partial charge in [0, 0.05) is 12.3 Å². The Morgan fingerprint density at radius 1 is 1.15 bits per heavy atom. The number of carbonyl (C=O) groups is 2. The van der Waals surface area contributed by atoms with Crippen LogP contribution in [0, 0.1) is 17.0 Å². The summed E-state index contributed by atoms with van der Waals surface area (Å²) in [5, 5.41) is 11.2. The first-order chi connectivity index (χ1) is 12.4. The molecule has 0 bridgehead atoms. The van der Waals surface area contributed by atoms with Crippen molar-refractivity contribution >= 4 is 23.0 Å². The average molecular weight is 352 g/mol. The molecular formula is C19H16N2O5. The first kappa shape index (κ1) is 17.3. The summed E-state index contributed by atoms with van der Waals surface area (Å²) in [4.78, 5) is 35.9. The summed E-state index contributed by atoms with van der Waals surface area (Å²) in [5.41, 5.74) is 1.52. The molecule has 0 saturated carbocycles. The number of hydrogen-bond acceptors (Lipinski definition) is 5. The number of nitro benzene ring substituents is 1. The second kappa shape index (κ2) is 6.79. The minimum atomic E-state index is -0.598. The van der Waals surface area contributed by atoms with Gasteiger partial charge in [-0.2, -0.15) is 0 Å². The lowest BCUT2D eigenvalue weighted by Crippen LogP contribution is -2.08. The highest BCUT2D eigenvalue weighted by Crippen LogP contribution is 2.25. The largest absolute Gasteiger partial charge is 0.462 e. The SMILES string of the molecule is CCOC(=O)c1cc(C(=O)c2ccccc2[N+](=O)[O-])n2ccc(C)cc12. The summed E-state index contributed by atoms with van der Waals surface area (Å²) in [6.45, 7) is 3.77. The van der Waals surface area contributed by atoms with Crippen LogP contribution in [0.15, 0.2) is 48.7 Å². The van der Waals surface area contributed by atoms with E-state index in [9.17, 15) is 19.7 Å². The van der Waals surface area contributed by atoms with Gasteiger partial charge in [-0.05, 0) is 43.7 Å². The predicted octanol–water partition coefficient (Wildman–Crippen LogP) is 3.56. The number of esters is 1. The first-order valence-electron chi connectivity index (χ1n) is 8.01. The van der Waals surface area contributed by atoms with Gasteiger partial charge in [-0.1, -0.05) is 12.1 Å². The van der Waals surface area contributed by atoms with Crippen LogP contribution < -0.4 is 0 Å². The molecule has 0 aliphatic heterocycles. The molecule has 0 N–H and O–H groups in total. The van der Waals surface area contributed by atoms with Gasteiger partial charge in [0.25, 0.3) is 5.69 Å². The highest BCUT2D eigenvalue weighted by molar-refractivity contribution is 6.13. The fraction of sp³-hybridized carbons (Fsp3) is 0.158. The lowest BCUT2D eigenvalue weighted by molar-refractivity contribution is -0.385. The molecule has 0 aliphatic rings. The van der Waals surface area contributed by atoms with Crippen molar-refractivity contribution in [1.29, 1.82) is 0 Å². The Morgan fingerprint density at radius 3 is 2.58 bits per heavy atom. The molecule has 0 spiro atoms. The Bertz CT molecular complexity index is 1040. The second-order valence-corrected chi connectivity index (χ2v) is 5.73. The molecule has 132 valence electrons. The minimum Gasteiger partial charge on any atom is -0.462 e. The number of rotatable bonds is 5. The summed E-state index contributed by atoms with van der Waals surface area (Å²) in [6, 6.07) is 10.7. The Kier molecular flexibility index (Phi) is 4.53. The van der Waals surface area contributed by atoms with Crippen LogP contribution in [0.4, 0.5) is 5.69 Å². The summed E-state index contributed by atoms with van der Waals surface area (Å²) in [5.74, 6) is -1.08. The molecule has 0 unspecified atom stereocenters. The maximum absolute atomic E-state index is 13.0. The molecule has 1 aromatic carbocycles. The molecule has 26 heavy (non-hydrogen) atoms. The van der Waals surface area contributed by atoms with Gasteiger partial charge in [-0.3, -0.25) is 14.9 Å². The van der Waals surface area contributed by atoms with Crippen molar-refractivity contribution in [2.45, 2.75) is 13.8 Å². The number of nitrogens with zero attached hydrogens (tertiary/aromatic N) is 2. The Labute approximate surface area is 149 Å². The number of aryl methyl sites for hydroxylation is 1. The molecule has 0 amide bonds. The molecule has 3 rings (SSSR count). The van der Waals surface area contributed by atoms with Crippen LogP contribution in [0.25, 0.3) is 5.52 Å². The number of benzene rings is 1. The van der Waals surface area contributed by atoms with Crippen molar-refractivity contribution in [3.05, 3.63) is 81.2 Å². The van der Waals surface area contributed by atoms with E-state index in [1.807, 2.05) is 6.92 Å². The zero-order valence-corrected chi connectivity index (χ0v) is 14.3. The van der Waals surface area contributed by atoms with Crippen molar-refractivity contribution in [2.24, 2.45) is 0 Å². The third-order valence-electron chi connectivity index (χ3n) is 4.00. The fourth-order valence-electron chi connectivity index (χ4n) is 2.81. The molecule has 0 aliphatic carbocycles. The van der Waals surface area contributed by atoms with E-state index in [0.717, 1.165) is 5.56 Å². The number of para-hydroxylation sites is 1. The van der Waals surface area contributed by atoms with Gasteiger partial charge in [0.15, 0.2) is 0 Å². The fourth-order valence-corrected chi connectivity index (χ4v) is 2.81. The molecule has 7 nitrogen and oxygen atoms in total. The number of ketones is 1. The molecule has 2 heterocycles. The number of nitro groups is 1. The highest BCUT2D eigenvalue weighted by atomic mass is 16.6. The van der Waals surface area contributed by atoms with Gasteiger partial charge in [0.05, 0.1) is 28.3 Å². The molecule has 0 radical (unpaired) electrons. The molecule has 0 atom stereocenters. The summed E-state index contributed by atoms with van der Waals surface area (Å²) >= 11 is 0. The quantitative estimate of drug-likeness (QED) is 0.303. The number of carbonyl (C=O) groups excluding carboxylic acids is 2. The maximum atomic E-state index is 13.0. The highest BCUT2D eigenvalue weighted by Gasteiger charge is 2.26. The third kappa shape index (κ3) is 2.95. The van der Waals surface area contributed by atoms with Gasteiger partial charge < -0.3 is 9.14 Å². The van der Waals surface area contributed by atoms with E-state index < -0.39 is 16.7 Å². The molecule has 3 aromatic rings. The standard InChI is InChI=1S/C19H16N2O5/c1-3-26-19(23)14-11-17(20-9-8-12(2)10-16(14)20)18(22)13-6-4-5-7-15(13)21(24)25/h4-11H,3H2,1-2H3. The first-order valence-corrected chi connectivity index (χ1v) is 8.01. The van der Waals surface area contributed by atoms with Crippen molar-refractivity contribution in [3.63, 3.8) is 0 Å². The van der Waals surface area contributed by atoms with Gasteiger partial charge in [0.1, 0.15) is 5.56 Å². The number of pyridine rings is 1. The van der Waals surface area contributed by atoms with E-state index in [2.05, 4.69) is 0 Å². The summed E-state index contributed by atoms with van der Waals surface area (Å²) in [7, 11) is 0. The van der Waals surface area contributed by atoms with Gasteiger partial charge in [0.2, 0.25) is 5.78 Å². The number of hydrogen-bond donors (Lipinski definition) is 0. The molecule has 2 aromatic heterocycles. The molecular weight excluding hydrogens is 336 g/mol. The van der Waals surface area contributed by atoms with Crippen molar-refractivity contribution in [1.82, 2.24) is 4.40 Å². The lowest BCUT2D eigenvalue weighted by Gasteiger charge is -2.04. The van der Waals surface area contributed by atoms with Crippen LogP contribution in [0.5, 0.6) is 0 Å². The van der Waals surface area contributed by atoms with Crippen LogP contribution in [0.2, 0.25) is 0 Å². The predicted molar refractivity (Wildman–Crippen MR) is 94.6 cm³/mol. The van der Waals surface area contributed by atoms with Crippen LogP contribution >= 0.6 is 0 Å². The van der Waals surface area contributed by atoms with Crippen molar-refractivity contribution in [3.8, 4) is 0 Å². The van der Waals surface area contributed by atoms with E-state index in [4.69, 9.17) is 4.74 Å². The van der Waals surface area contributed by atoms with E-state index in [1.165, 1.54) is 24.3 Å². The lowest BCUT2D eigenvalue weighted by atomic mass is 10.1.